The smallest absolute Gasteiger partial charge is 0.317 e. The van der Waals surface area contributed by atoms with Crippen LogP contribution in [0.3, 0.4) is 0 Å². The molecule has 7 nitrogen and oxygen atoms in total. The molecule has 0 radical (unpaired) electrons. The molecule has 0 bridgehead atoms. The maximum atomic E-state index is 11.7. The van der Waals surface area contributed by atoms with Gasteiger partial charge in [-0.05, 0) is 0 Å². The number of urea groups is 1. The lowest BCUT2D eigenvalue weighted by atomic mass is 10.2. The van der Waals surface area contributed by atoms with Gasteiger partial charge >= 0.3 is 6.03 Å². The molecule has 3 heterocycles. The summed E-state index contributed by atoms with van der Waals surface area (Å²) in [4.78, 5) is 25.0. The maximum Gasteiger partial charge on any atom is 0.317 e. The van der Waals surface area contributed by atoms with Gasteiger partial charge in [-0.3, -0.25) is 0 Å². The summed E-state index contributed by atoms with van der Waals surface area (Å²) in [7, 11) is 1.87. The third-order valence-corrected chi connectivity index (χ3v) is 4.06. The number of carbonyl (C=O) groups is 1. The Morgan fingerprint density at radius 3 is 2.90 bits per heavy atom. The molecule has 2 fully saturated rings. The second-order valence-electron chi connectivity index (χ2n) is 5.85. The van der Waals surface area contributed by atoms with Crippen LogP contribution < -0.4 is 15.5 Å². The molecule has 0 aromatic carbocycles. The Hall–Kier alpha value is -2.05. The van der Waals surface area contributed by atoms with Crippen LogP contribution in [0, 0.1) is 0 Å². The Labute approximate surface area is 124 Å². The molecule has 2 aliphatic heterocycles. The number of aromatic nitrogens is 2. The van der Waals surface area contributed by atoms with E-state index in [4.69, 9.17) is 0 Å². The molecule has 21 heavy (non-hydrogen) atoms. The Kier molecular flexibility index (Phi) is 3.57. The van der Waals surface area contributed by atoms with Crippen molar-refractivity contribution in [3.63, 3.8) is 0 Å². The minimum atomic E-state index is 0.0566. The Balaban J connectivity index is 1.83. The first-order valence-electron chi connectivity index (χ1n) is 7.44. The van der Waals surface area contributed by atoms with Gasteiger partial charge in [-0.15, -0.1) is 0 Å². The van der Waals surface area contributed by atoms with Crippen molar-refractivity contribution in [3.8, 4) is 0 Å². The molecule has 2 N–H and O–H groups in total. The zero-order valence-corrected chi connectivity index (χ0v) is 12.8. The molecule has 2 amide bonds. The summed E-state index contributed by atoms with van der Waals surface area (Å²) in [6.45, 7) is 7.27. The van der Waals surface area contributed by atoms with Crippen molar-refractivity contribution in [2.75, 3.05) is 43.4 Å². The molecule has 0 spiro atoms. The van der Waals surface area contributed by atoms with Gasteiger partial charge in [0.25, 0.3) is 0 Å². The van der Waals surface area contributed by atoms with Crippen LogP contribution in [0.5, 0.6) is 0 Å². The summed E-state index contributed by atoms with van der Waals surface area (Å²) in [6, 6.07) is 2.27. The van der Waals surface area contributed by atoms with Crippen LogP contribution in [-0.2, 0) is 0 Å². The van der Waals surface area contributed by atoms with Crippen LogP contribution >= 0.6 is 0 Å². The van der Waals surface area contributed by atoms with Crippen molar-refractivity contribution in [1.29, 1.82) is 0 Å². The van der Waals surface area contributed by atoms with Crippen molar-refractivity contribution < 1.29 is 4.79 Å². The summed E-state index contributed by atoms with van der Waals surface area (Å²) < 4.78 is 0. The number of hydrogen-bond acceptors (Lipinski definition) is 5. The summed E-state index contributed by atoms with van der Waals surface area (Å²) in [5.74, 6) is 2.91. The summed E-state index contributed by atoms with van der Waals surface area (Å²) >= 11 is 0. The Morgan fingerprint density at radius 2 is 2.19 bits per heavy atom. The molecule has 114 valence electrons. The van der Waals surface area contributed by atoms with E-state index >= 15 is 0 Å². The number of nitrogens with one attached hydrogen (secondary N) is 2. The number of fused-ring (bicyclic) bond motifs is 1. The fraction of sp³-hybridized carbons (Fsp3) is 0.643. The molecular weight excluding hydrogens is 268 g/mol. The number of carbonyl (C=O) groups excluding carboxylic acids is 1. The number of hydrogen-bond donors (Lipinski definition) is 2. The topological polar surface area (TPSA) is 73.4 Å². The van der Waals surface area contributed by atoms with Crippen molar-refractivity contribution in [2.45, 2.75) is 25.8 Å². The highest BCUT2D eigenvalue weighted by Gasteiger charge is 2.35. The predicted octanol–water partition coefficient (Wildman–Crippen LogP) is 0.855. The van der Waals surface area contributed by atoms with Crippen molar-refractivity contribution in [1.82, 2.24) is 20.2 Å². The number of piperazine rings is 1. The molecule has 1 aromatic rings. The van der Waals surface area contributed by atoms with E-state index in [9.17, 15) is 4.79 Å². The standard InChI is InChI=1S/C14H22N6O/c1-9(2)13-17-11(15-3)6-12(18-13)19-4-5-20-10(8-19)7-16-14(20)21/h6,9-10H,4-5,7-8H2,1-3H3,(H,16,21)(H,15,17,18). The normalized spacial score (nSPS) is 21.5. The molecule has 7 heteroatoms. The maximum absolute atomic E-state index is 11.7. The molecule has 0 saturated carbocycles. The molecule has 2 aliphatic rings. The second-order valence-corrected chi connectivity index (χ2v) is 5.85. The highest BCUT2D eigenvalue weighted by Crippen LogP contribution is 2.23. The number of nitrogens with zero attached hydrogens (tertiary/aromatic N) is 4. The van der Waals surface area contributed by atoms with E-state index in [0.717, 1.165) is 43.6 Å². The number of amides is 2. The minimum absolute atomic E-state index is 0.0566. The first-order chi connectivity index (χ1) is 10.1. The zero-order chi connectivity index (χ0) is 15.0. The highest BCUT2D eigenvalue weighted by molar-refractivity contribution is 5.77. The second kappa shape index (κ2) is 5.38. The molecule has 1 atom stereocenters. The van der Waals surface area contributed by atoms with Gasteiger partial charge in [0.15, 0.2) is 0 Å². The molecule has 0 aliphatic carbocycles. The molecule has 1 unspecified atom stereocenters. The van der Waals surface area contributed by atoms with Gasteiger partial charge in [-0.25, -0.2) is 14.8 Å². The van der Waals surface area contributed by atoms with Crippen LogP contribution in [0.2, 0.25) is 0 Å². The van der Waals surface area contributed by atoms with E-state index in [1.807, 2.05) is 18.0 Å². The van der Waals surface area contributed by atoms with Crippen molar-refractivity contribution in [2.24, 2.45) is 0 Å². The van der Waals surface area contributed by atoms with Crippen LogP contribution in [0.1, 0.15) is 25.6 Å². The van der Waals surface area contributed by atoms with Gasteiger partial charge in [0.1, 0.15) is 17.5 Å². The van der Waals surface area contributed by atoms with E-state index < -0.39 is 0 Å². The number of rotatable bonds is 3. The van der Waals surface area contributed by atoms with Gasteiger partial charge in [0.05, 0.1) is 6.04 Å². The average Bonchev–Trinajstić information content (AvgIpc) is 2.87. The molecule has 1 aromatic heterocycles. The van der Waals surface area contributed by atoms with Gasteiger partial charge in [0, 0.05) is 45.2 Å². The predicted molar refractivity (Wildman–Crippen MR) is 81.8 cm³/mol. The Bertz CT molecular complexity index is 546. The molecular formula is C14H22N6O. The van der Waals surface area contributed by atoms with Gasteiger partial charge in [-0.2, -0.15) is 0 Å². The van der Waals surface area contributed by atoms with E-state index in [2.05, 4.69) is 39.3 Å². The van der Waals surface area contributed by atoms with Crippen LogP contribution in [-0.4, -0.2) is 60.2 Å². The van der Waals surface area contributed by atoms with Gasteiger partial charge in [-0.1, -0.05) is 13.8 Å². The van der Waals surface area contributed by atoms with Gasteiger partial charge < -0.3 is 20.4 Å². The summed E-state index contributed by atoms with van der Waals surface area (Å²) in [5, 5.41) is 6.00. The van der Waals surface area contributed by atoms with Crippen LogP contribution in [0.4, 0.5) is 16.4 Å². The highest BCUT2D eigenvalue weighted by atomic mass is 16.2. The SMILES string of the molecule is CNc1cc(N2CCN3C(=O)NCC3C2)nc(C(C)C)n1. The summed E-state index contributed by atoms with van der Waals surface area (Å²) in [6.07, 6.45) is 0. The Morgan fingerprint density at radius 1 is 1.38 bits per heavy atom. The molecule has 3 rings (SSSR count). The van der Waals surface area contributed by atoms with E-state index in [1.54, 1.807) is 0 Å². The third-order valence-electron chi connectivity index (χ3n) is 4.06. The fourth-order valence-electron chi connectivity index (χ4n) is 2.81. The zero-order valence-electron chi connectivity index (χ0n) is 12.8. The first-order valence-corrected chi connectivity index (χ1v) is 7.44. The quantitative estimate of drug-likeness (QED) is 0.863. The largest absolute Gasteiger partial charge is 0.373 e. The number of anilines is 2. The lowest BCUT2D eigenvalue weighted by molar-refractivity contribution is 0.197. The van der Waals surface area contributed by atoms with E-state index in [0.29, 0.717) is 0 Å². The third kappa shape index (κ3) is 2.59. The minimum Gasteiger partial charge on any atom is -0.373 e. The molecule has 2 saturated heterocycles. The van der Waals surface area contributed by atoms with E-state index in [-0.39, 0.29) is 18.0 Å². The average molecular weight is 290 g/mol. The fourth-order valence-corrected chi connectivity index (χ4v) is 2.81. The van der Waals surface area contributed by atoms with Gasteiger partial charge in [0.2, 0.25) is 0 Å². The lowest BCUT2D eigenvalue weighted by Gasteiger charge is -2.37. The van der Waals surface area contributed by atoms with Crippen LogP contribution in [0.25, 0.3) is 0 Å². The van der Waals surface area contributed by atoms with Crippen molar-refractivity contribution in [3.05, 3.63) is 11.9 Å². The monoisotopic (exact) mass is 290 g/mol. The first kappa shape index (κ1) is 13.9. The van der Waals surface area contributed by atoms with Crippen LogP contribution in [0.15, 0.2) is 6.07 Å². The van der Waals surface area contributed by atoms with Crippen molar-refractivity contribution >= 4 is 17.7 Å². The lowest BCUT2D eigenvalue weighted by Crippen LogP contribution is -2.52. The van der Waals surface area contributed by atoms with E-state index in [1.165, 1.54) is 0 Å². The summed E-state index contributed by atoms with van der Waals surface area (Å²) in [5.41, 5.74) is 0.